The van der Waals surface area contributed by atoms with E-state index in [-0.39, 0.29) is 6.04 Å². The fourth-order valence-electron chi connectivity index (χ4n) is 2.49. The molecule has 21 heavy (non-hydrogen) atoms. The summed E-state index contributed by atoms with van der Waals surface area (Å²) < 4.78 is 11.7. The van der Waals surface area contributed by atoms with Crippen LogP contribution in [0.15, 0.2) is 34.7 Å². The summed E-state index contributed by atoms with van der Waals surface area (Å²) in [6, 6.07) is 10.4. The Labute approximate surface area is 127 Å². The fraction of sp³-hybridized carbons (Fsp3) is 0.444. The smallest absolute Gasteiger partial charge is 0.125 e. The van der Waals surface area contributed by atoms with Crippen molar-refractivity contribution in [3.8, 4) is 5.75 Å². The second-order valence-electron chi connectivity index (χ2n) is 5.12. The molecule has 114 valence electrons. The summed E-state index contributed by atoms with van der Waals surface area (Å²) in [4.78, 5) is 0. The molecule has 3 heteroatoms. The summed E-state index contributed by atoms with van der Waals surface area (Å²) in [6.45, 7) is 9.84. The van der Waals surface area contributed by atoms with Crippen molar-refractivity contribution < 1.29 is 9.15 Å². The Morgan fingerprint density at radius 1 is 1.14 bits per heavy atom. The first-order chi connectivity index (χ1) is 10.2. The fourth-order valence-corrected chi connectivity index (χ4v) is 2.49. The molecule has 0 aliphatic heterocycles. The lowest BCUT2D eigenvalue weighted by molar-refractivity contribution is 0.330. The standard InChI is InChI=1S/C18H25NO2/c1-5-14-9-11-17(21-14)18(19-6-2)15-12-13(4)8-10-16(15)20-7-3/h8-12,18-19H,5-7H2,1-4H3. The Morgan fingerprint density at radius 2 is 1.95 bits per heavy atom. The van der Waals surface area contributed by atoms with Crippen molar-refractivity contribution in [1.29, 1.82) is 0 Å². The minimum absolute atomic E-state index is 0.0248. The van der Waals surface area contributed by atoms with Gasteiger partial charge in [-0.1, -0.05) is 31.5 Å². The molecule has 0 radical (unpaired) electrons. The van der Waals surface area contributed by atoms with E-state index in [1.807, 2.05) is 13.0 Å². The molecule has 0 saturated heterocycles. The number of rotatable bonds is 7. The molecule has 0 aliphatic rings. The quantitative estimate of drug-likeness (QED) is 0.826. The highest BCUT2D eigenvalue weighted by Gasteiger charge is 2.21. The average molecular weight is 287 g/mol. The van der Waals surface area contributed by atoms with E-state index in [9.17, 15) is 0 Å². The van der Waals surface area contributed by atoms with Crippen LogP contribution in [-0.4, -0.2) is 13.2 Å². The van der Waals surface area contributed by atoms with Gasteiger partial charge in [0.25, 0.3) is 0 Å². The summed E-state index contributed by atoms with van der Waals surface area (Å²) in [6.07, 6.45) is 0.908. The van der Waals surface area contributed by atoms with Crippen LogP contribution >= 0.6 is 0 Å². The van der Waals surface area contributed by atoms with Crippen LogP contribution in [-0.2, 0) is 6.42 Å². The number of nitrogens with one attached hydrogen (secondary N) is 1. The number of furan rings is 1. The van der Waals surface area contributed by atoms with Crippen LogP contribution < -0.4 is 10.1 Å². The first-order valence-electron chi connectivity index (χ1n) is 7.74. The molecule has 1 N–H and O–H groups in total. The van der Waals surface area contributed by atoms with Gasteiger partial charge in [0.05, 0.1) is 12.6 Å². The monoisotopic (exact) mass is 287 g/mol. The second-order valence-corrected chi connectivity index (χ2v) is 5.12. The second kappa shape index (κ2) is 7.32. The molecule has 0 spiro atoms. The van der Waals surface area contributed by atoms with E-state index in [1.165, 1.54) is 5.56 Å². The molecule has 0 saturated carbocycles. The van der Waals surface area contributed by atoms with Gasteiger partial charge in [0, 0.05) is 12.0 Å². The molecule has 1 aromatic carbocycles. The lowest BCUT2D eigenvalue weighted by Gasteiger charge is -2.20. The predicted octanol–water partition coefficient (Wildman–Crippen LogP) is 4.25. The van der Waals surface area contributed by atoms with E-state index in [4.69, 9.17) is 9.15 Å². The van der Waals surface area contributed by atoms with Crippen molar-refractivity contribution >= 4 is 0 Å². The highest BCUT2D eigenvalue weighted by molar-refractivity contribution is 5.42. The van der Waals surface area contributed by atoms with E-state index in [2.05, 4.69) is 50.4 Å². The van der Waals surface area contributed by atoms with Gasteiger partial charge in [-0.05, 0) is 38.6 Å². The van der Waals surface area contributed by atoms with Crippen molar-refractivity contribution in [3.63, 3.8) is 0 Å². The normalized spacial score (nSPS) is 12.4. The van der Waals surface area contributed by atoms with Crippen LogP contribution in [0.3, 0.4) is 0 Å². The highest BCUT2D eigenvalue weighted by Crippen LogP contribution is 2.32. The number of benzene rings is 1. The minimum Gasteiger partial charge on any atom is -0.494 e. The van der Waals surface area contributed by atoms with Gasteiger partial charge >= 0.3 is 0 Å². The van der Waals surface area contributed by atoms with Crippen molar-refractivity contribution in [2.24, 2.45) is 0 Å². The number of hydrogen-bond donors (Lipinski definition) is 1. The zero-order chi connectivity index (χ0) is 15.2. The van der Waals surface area contributed by atoms with Crippen LogP contribution in [0.25, 0.3) is 0 Å². The topological polar surface area (TPSA) is 34.4 Å². The Morgan fingerprint density at radius 3 is 2.57 bits per heavy atom. The first-order valence-corrected chi connectivity index (χ1v) is 7.74. The first kappa shape index (κ1) is 15.6. The molecular weight excluding hydrogens is 262 g/mol. The van der Waals surface area contributed by atoms with Crippen molar-refractivity contribution in [3.05, 3.63) is 53.0 Å². The third-order valence-electron chi connectivity index (χ3n) is 3.50. The summed E-state index contributed by atoms with van der Waals surface area (Å²) in [5, 5.41) is 3.50. The molecule has 2 aromatic rings. The van der Waals surface area contributed by atoms with Gasteiger partial charge < -0.3 is 14.5 Å². The molecule has 1 atom stereocenters. The van der Waals surface area contributed by atoms with Crippen LogP contribution in [0.1, 0.15) is 49.5 Å². The summed E-state index contributed by atoms with van der Waals surface area (Å²) in [7, 11) is 0. The molecule has 0 bridgehead atoms. The maximum atomic E-state index is 5.96. The largest absolute Gasteiger partial charge is 0.494 e. The molecule has 1 heterocycles. The van der Waals surface area contributed by atoms with Crippen molar-refractivity contribution in [2.45, 2.75) is 40.2 Å². The molecular formula is C18H25NO2. The third-order valence-corrected chi connectivity index (χ3v) is 3.50. The summed E-state index contributed by atoms with van der Waals surface area (Å²) >= 11 is 0. The number of ether oxygens (including phenoxy) is 1. The molecule has 2 rings (SSSR count). The Balaban J connectivity index is 2.43. The molecule has 1 unspecified atom stereocenters. The molecule has 0 amide bonds. The molecule has 3 nitrogen and oxygen atoms in total. The van der Waals surface area contributed by atoms with E-state index in [0.717, 1.165) is 35.8 Å². The van der Waals surface area contributed by atoms with Gasteiger partial charge in [-0.2, -0.15) is 0 Å². The SMILES string of the molecule is CCNC(c1ccc(CC)o1)c1cc(C)ccc1OCC. The van der Waals surface area contributed by atoms with Crippen LogP contribution in [0.4, 0.5) is 0 Å². The summed E-state index contributed by atoms with van der Waals surface area (Å²) in [5.41, 5.74) is 2.36. The van der Waals surface area contributed by atoms with E-state index in [1.54, 1.807) is 0 Å². The van der Waals surface area contributed by atoms with Gasteiger partial charge in [-0.3, -0.25) is 0 Å². The van der Waals surface area contributed by atoms with Gasteiger partial charge in [0.1, 0.15) is 17.3 Å². The minimum atomic E-state index is 0.0248. The Kier molecular flexibility index (Phi) is 5.45. The zero-order valence-electron chi connectivity index (χ0n) is 13.4. The molecule has 0 fully saturated rings. The number of aryl methyl sites for hydroxylation is 2. The van der Waals surface area contributed by atoms with Gasteiger partial charge in [-0.15, -0.1) is 0 Å². The Hall–Kier alpha value is -1.74. The third kappa shape index (κ3) is 3.67. The molecule has 1 aromatic heterocycles. The lowest BCUT2D eigenvalue weighted by atomic mass is 10.0. The highest BCUT2D eigenvalue weighted by atomic mass is 16.5. The number of hydrogen-bond acceptors (Lipinski definition) is 3. The average Bonchev–Trinajstić information content (AvgIpc) is 2.95. The van der Waals surface area contributed by atoms with Gasteiger partial charge in [0.2, 0.25) is 0 Å². The predicted molar refractivity (Wildman–Crippen MR) is 86.0 cm³/mol. The van der Waals surface area contributed by atoms with Crippen molar-refractivity contribution in [2.75, 3.05) is 13.2 Å². The van der Waals surface area contributed by atoms with Crippen molar-refractivity contribution in [1.82, 2.24) is 5.32 Å². The van der Waals surface area contributed by atoms with Crippen LogP contribution in [0, 0.1) is 6.92 Å². The van der Waals surface area contributed by atoms with E-state index < -0.39 is 0 Å². The van der Waals surface area contributed by atoms with E-state index >= 15 is 0 Å². The molecule has 0 aliphatic carbocycles. The van der Waals surface area contributed by atoms with Crippen LogP contribution in [0.5, 0.6) is 5.75 Å². The Bertz CT molecular complexity index is 574. The summed E-state index contributed by atoms with van der Waals surface area (Å²) in [5.74, 6) is 2.88. The van der Waals surface area contributed by atoms with E-state index in [0.29, 0.717) is 6.61 Å². The zero-order valence-corrected chi connectivity index (χ0v) is 13.4. The van der Waals surface area contributed by atoms with Gasteiger partial charge in [-0.25, -0.2) is 0 Å². The maximum absolute atomic E-state index is 5.96. The van der Waals surface area contributed by atoms with Gasteiger partial charge in [0.15, 0.2) is 0 Å². The lowest BCUT2D eigenvalue weighted by Crippen LogP contribution is -2.22. The maximum Gasteiger partial charge on any atom is 0.125 e. The van der Waals surface area contributed by atoms with Crippen LogP contribution in [0.2, 0.25) is 0 Å².